The first-order valence-corrected chi connectivity index (χ1v) is 24.8. The molecule has 12 heteroatoms. The second-order valence-corrected chi connectivity index (χ2v) is 17.0. The molecule has 3 atom stereocenters. The van der Waals surface area contributed by atoms with Gasteiger partial charge in [-0.05, 0) is 70.6 Å². The Morgan fingerprint density at radius 1 is 0.517 bits per heavy atom. The summed E-state index contributed by atoms with van der Waals surface area (Å²) in [6.07, 6.45) is 50.1. The number of carboxylic acids is 1. The predicted molar refractivity (Wildman–Crippen MR) is 245 cm³/mol. The number of unbranched alkanes of at least 4 members (excludes halogenated alkanes) is 19. The number of carbonyl (C=O) groups excluding carboxylic acids is 2. The van der Waals surface area contributed by atoms with Gasteiger partial charge in [0, 0.05) is 12.8 Å². The third-order valence-electron chi connectivity index (χ3n) is 9.74. The summed E-state index contributed by atoms with van der Waals surface area (Å²) in [6.45, 7) is 2.72. The van der Waals surface area contributed by atoms with E-state index in [1.165, 1.54) is 103 Å². The van der Waals surface area contributed by atoms with Gasteiger partial charge < -0.3 is 25.2 Å². The third kappa shape index (κ3) is 41.9. The number of carbonyl (C=O) groups is 3. The first kappa shape index (κ1) is 57.2. The first-order chi connectivity index (χ1) is 29.1. The summed E-state index contributed by atoms with van der Waals surface area (Å²) in [5, 5.41) is 8.90. The Morgan fingerprint density at radius 3 is 1.43 bits per heavy atom. The molecule has 0 amide bonds. The number of hydrogen-bond donors (Lipinski definition) is 3. The van der Waals surface area contributed by atoms with Crippen molar-refractivity contribution in [1.82, 2.24) is 0 Å². The molecule has 0 saturated carbocycles. The summed E-state index contributed by atoms with van der Waals surface area (Å²) in [5.74, 6) is -2.45. The zero-order valence-corrected chi connectivity index (χ0v) is 38.4. The summed E-state index contributed by atoms with van der Waals surface area (Å²) in [7, 11) is -4.73. The Kier molecular flexibility index (Phi) is 40.8. The van der Waals surface area contributed by atoms with E-state index in [2.05, 4.69) is 73.1 Å². The minimum Gasteiger partial charge on any atom is -0.480 e. The molecule has 0 heterocycles. The maximum Gasteiger partial charge on any atom is 0.472 e. The second kappa shape index (κ2) is 42.9. The van der Waals surface area contributed by atoms with E-state index in [4.69, 9.17) is 24.8 Å². The molecule has 0 aliphatic rings. The molecular formula is C48H84NO10P. The van der Waals surface area contributed by atoms with Crippen LogP contribution in [-0.2, 0) is 37.5 Å². The molecule has 60 heavy (non-hydrogen) atoms. The van der Waals surface area contributed by atoms with Crippen LogP contribution in [0.3, 0.4) is 0 Å². The van der Waals surface area contributed by atoms with Crippen LogP contribution in [0, 0.1) is 0 Å². The van der Waals surface area contributed by atoms with E-state index in [-0.39, 0.29) is 19.4 Å². The first-order valence-electron chi connectivity index (χ1n) is 23.3. The molecule has 0 aromatic carbocycles. The number of allylic oxidation sites excluding steroid dienone is 10. The minimum atomic E-state index is -4.73. The van der Waals surface area contributed by atoms with Crippen LogP contribution in [0.1, 0.15) is 194 Å². The van der Waals surface area contributed by atoms with Gasteiger partial charge in [0.2, 0.25) is 0 Å². The van der Waals surface area contributed by atoms with E-state index in [0.717, 1.165) is 44.9 Å². The fourth-order valence-corrected chi connectivity index (χ4v) is 6.82. The Morgan fingerprint density at radius 2 is 0.917 bits per heavy atom. The minimum absolute atomic E-state index is 0.144. The van der Waals surface area contributed by atoms with E-state index < -0.39 is 51.1 Å². The van der Waals surface area contributed by atoms with Crippen LogP contribution >= 0.6 is 7.82 Å². The monoisotopic (exact) mass is 866 g/mol. The number of ether oxygens (including phenoxy) is 2. The molecular weight excluding hydrogens is 781 g/mol. The molecule has 0 spiro atoms. The Labute approximate surface area is 364 Å². The lowest BCUT2D eigenvalue weighted by molar-refractivity contribution is -0.161. The molecule has 11 nitrogen and oxygen atoms in total. The highest BCUT2D eigenvalue weighted by atomic mass is 31.2. The van der Waals surface area contributed by atoms with Crippen molar-refractivity contribution < 1.29 is 47.5 Å². The van der Waals surface area contributed by atoms with Crippen molar-refractivity contribution in [1.29, 1.82) is 0 Å². The summed E-state index contributed by atoms with van der Waals surface area (Å²) in [5.41, 5.74) is 5.33. The number of rotatable bonds is 43. The normalized spacial score (nSPS) is 14.2. The SMILES string of the molecule is CCCC/C=C/CCCCCCCCCCCC(=O)O[C@@H](COC(=O)CCC/C=C/C/C=C/C/C=C/C/C=C/CCCCCCCCC)COP(=O)(O)OC[C@H](N)C(=O)O. The summed E-state index contributed by atoms with van der Waals surface area (Å²) < 4.78 is 32.7. The highest BCUT2D eigenvalue weighted by Crippen LogP contribution is 2.43. The van der Waals surface area contributed by atoms with Gasteiger partial charge in [-0.2, -0.15) is 0 Å². The van der Waals surface area contributed by atoms with Gasteiger partial charge in [-0.15, -0.1) is 0 Å². The molecule has 0 aliphatic carbocycles. The van der Waals surface area contributed by atoms with Crippen LogP contribution < -0.4 is 5.73 Å². The molecule has 0 bridgehead atoms. The summed E-state index contributed by atoms with van der Waals surface area (Å²) in [6, 6.07) is -1.53. The lowest BCUT2D eigenvalue weighted by Crippen LogP contribution is -2.34. The van der Waals surface area contributed by atoms with Crippen molar-refractivity contribution in [2.75, 3.05) is 19.8 Å². The maximum absolute atomic E-state index is 12.6. The zero-order valence-electron chi connectivity index (χ0n) is 37.5. The van der Waals surface area contributed by atoms with Crippen molar-refractivity contribution in [3.63, 3.8) is 0 Å². The summed E-state index contributed by atoms with van der Waals surface area (Å²) in [4.78, 5) is 46.0. The van der Waals surface area contributed by atoms with E-state index in [9.17, 15) is 23.8 Å². The molecule has 0 rings (SSSR count). The average Bonchev–Trinajstić information content (AvgIpc) is 3.22. The van der Waals surface area contributed by atoms with Gasteiger partial charge in [0.1, 0.15) is 12.6 Å². The number of carboxylic acid groups (broad SMARTS) is 1. The Balaban J connectivity index is 4.41. The fraction of sp³-hybridized carbons (Fsp3) is 0.729. The smallest absolute Gasteiger partial charge is 0.472 e. The fourth-order valence-electron chi connectivity index (χ4n) is 6.04. The standard InChI is InChI=1S/C48H84NO10P/c1-3-5-7-9-11-13-15-17-19-20-21-22-23-24-26-27-29-31-33-35-37-39-46(50)56-41-44(42-57-60(54,55)58-43-45(49)48(52)53)59-47(51)40-38-36-34-32-30-28-25-18-16-14-12-10-8-6-4-2/h10,12,19-20,22-23,26-27,31,33,44-45H,3-9,11,13-18,21,24-25,28-30,32,34-43,49H2,1-2H3,(H,52,53)(H,54,55)/b12-10+,20-19+,23-22+,27-26+,33-31+/t44-,45-/m0/s1. The topological polar surface area (TPSA) is 172 Å². The van der Waals surface area contributed by atoms with Crippen molar-refractivity contribution in [2.24, 2.45) is 5.73 Å². The lowest BCUT2D eigenvalue weighted by atomic mass is 10.1. The highest BCUT2D eigenvalue weighted by molar-refractivity contribution is 7.47. The molecule has 0 fully saturated rings. The van der Waals surface area contributed by atoms with Crippen molar-refractivity contribution >= 4 is 25.7 Å². The molecule has 0 aliphatic heterocycles. The Bertz CT molecular complexity index is 1250. The lowest BCUT2D eigenvalue weighted by Gasteiger charge is -2.20. The third-order valence-corrected chi connectivity index (χ3v) is 10.7. The molecule has 0 saturated heterocycles. The van der Waals surface area contributed by atoms with Crippen LogP contribution in [0.15, 0.2) is 60.8 Å². The van der Waals surface area contributed by atoms with Crippen molar-refractivity contribution in [3.8, 4) is 0 Å². The van der Waals surface area contributed by atoms with Crippen LogP contribution in [0.5, 0.6) is 0 Å². The van der Waals surface area contributed by atoms with Crippen molar-refractivity contribution in [2.45, 2.75) is 206 Å². The van der Waals surface area contributed by atoms with Gasteiger partial charge in [-0.1, -0.05) is 171 Å². The number of nitrogens with two attached hydrogens (primary N) is 1. The van der Waals surface area contributed by atoms with Gasteiger partial charge in [-0.25, -0.2) is 4.57 Å². The maximum atomic E-state index is 12.6. The molecule has 346 valence electrons. The van der Waals surface area contributed by atoms with Gasteiger partial charge >= 0.3 is 25.7 Å². The van der Waals surface area contributed by atoms with Gasteiger partial charge in [0.05, 0.1) is 13.2 Å². The van der Waals surface area contributed by atoms with Gasteiger partial charge in [-0.3, -0.25) is 23.4 Å². The molecule has 1 unspecified atom stereocenters. The van der Waals surface area contributed by atoms with Crippen LogP contribution in [0.25, 0.3) is 0 Å². The Hall–Kier alpha value is -2.82. The number of phosphoric acid groups is 1. The van der Waals surface area contributed by atoms with Gasteiger partial charge in [0.15, 0.2) is 6.10 Å². The molecule has 0 aromatic heterocycles. The van der Waals surface area contributed by atoms with Gasteiger partial charge in [0.25, 0.3) is 0 Å². The number of esters is 2. The van der Waals surface area contributed by atoms with Crippen molar-refractivity contribution in [3.05, 3.63) is 60.8 Å². The highest BCUT2D eigenvalue weighted by Gasteiger charge is 2.28. The molecule has 4 N–H and O–H groups in total. The largest absolute Gasteiger partial charge is 0.480 e. The molecule has 0 radical (unpaired) electrons. The summed E-state index contributed by atoms with van der Waals surface area (Å²) >= 11 is 0. The van der Waals surface area contributed by atoms with E-state index in [1.54, 1.807) is 0 Å². The van der Waals surface area contributed by atoms with E-state index >= 15 is 0 Å². The predicted octanol–water partition coefficient (Wildman–Crippen LogP) is 12.7. The van der Waals surface area contributed by atoms with Crippen LogP contribution in [-0.4, -0.2) is 59.9 Å². The average molecular weight is 866 g/mol. The zero-order chi connectivity index (χ0) is 44.2. The van der Waals surface area contributed by atoms with Crippen LogP contribution in [0.4, 0.5) is 0 Å². The number of phosphoric ester groups is 1. The number of hydrogen-bond acceptors (Lipinski definition) is 9. The number of aliphatic carboxylic acids is 1. The molecule has 0 aromatic rings. The van der Waals surface area contributed by atoms with E-state index in [1.807, 2.05) is 6.08 Å². The van der Waals surface area contributed by atoms with E-state index in [0.29, 0.717) is 19.3 Å². The quantitative estimate of drug-likeness (QED) is 0.0230. The second-order valence-electron chi connectivity index (χ2n) is 15.5. The van der Waals surface area contributed by atoms with Crippen LogP contribution in [0.2, 0.25) is 0 Å².